The molecule has 0 bridgehead atoms. The first-order chi connectivity index (χ1) is 15.1. The molecule has 1 unspecified atom stereocenters. The average molecular weight is 424 g/mol. The normalized spacial score (nSPS) is 16.5. The number of hydrogen-bond donors (Lipinski definition) is 3. The number of aromatic nitrogens is 8. The molecule has 0 aliphatic carbocycles. The quantitative estimate of drug-likeness (QED) is 0.444. The van der Waals surface area contributed by atoms with Crippen molar-refractivity contribution in [1.29, 1.82) is 0 Å². The van der Waals surface area contributed by atoms with Crippen molar-refractivity contribution >= 4 is 17.6 Å². The largest absolute Gasteiger partial charge is 0.465 e. The minimum atomic E-state index is -0.949. The number of anilines is 1. The minimum Gasteiger partial charge on any atom is -0.465 e. The van der Waals surface area contributed by atoms with Gasteiger partial charge in [-0.15, -0.1) is 10.2 Å². The molecule has 3 N–H and O–H groups in total. The van der Waals surface area contributed by atoms with E-state index in [0.717, 1.165) is 12.8 Å². The highest BCUT2D eigenvalue weighted by Gasteiger charge is 2.24. The molecule has 1 amide bonds. The Morgan fingerprint density at radius 3 is 3.00 bits per heavy atom. The van der Waals surface area contributed by atoms with E-state index >= 15 is 0 Å². The van der Waals surface area contributed by atoms with Crippen LogP contribution in [0.25, 0.3) is 28.7 Å². The number of likely N-dealkylation sites (tertiary alicyclic amines) is 1. The van der Waals surface area contributed by atoms with Crippen LogP contribution < -0.4 is 5.32 Å². The molecule has 13 heteroatoms. The summed E-state index contributed by atoms with van der Waals surface area (Å²) in [6, 6.07) is 4.43. The maximum absolute atomic E-state index is 13.8. The number of tetrazole rings is 1. The molecule has 4 aromatic heterocycles. The summed E-state index contributed by atoms with van der Waals surface area (Å²) >= 11 is 0. The highest BCUT2D eigenvalue weighted by Crippen LogP contribution is 2.24. The molecule has 31 heavy (non-hydrogen) atoms. The van der Waals surface area contributed by atoms with Gasteiger partial charge in [0.05, 0.1) is 6.20 Å². The number of carboxylic acid groups (broad SMARTS) is 1. The van der Waals surface area contributed by atoms with E-state index in [4.69, 9.17) is 0 Å². The predicted molar refractivity (Wildman–Crippen MR) is 106 cm³/mol. The number of hydrogen-bond acceptors (Lipinski definition) is 8. The fourth-order valence-electron chi connectivity index (χ4n) is 3.62. The van der Waals surface area contributed by atoms with Gasteiger partial charge in [0, 0.05) is 31.4 Å². The second-order valence-electron chi connectivity index (χ2n) is 7.13. The molecule has 5 heterocycles. The fraction of sp³-hybridized carbons (Fsp3) is 0.278. The van der Waals surface area contributed by atoms with Crippen molar-refractivity contribution in [3.8, 4) is 23.0 Å². The molecule has 0 aromatic carbocycles. The topological polar surface area (TPSA) is 150 Å². The smallest absolute Gasteiger partial charge is 0.407 e. The predicted octanol–water partition coefficient (Wildman–Crippen LogP) is 1.66. The van der Waals surface area contributed by atoms with Crippen molar-refractivity contribution in [3.05, 3.63) is 36.4 Å². The van der Waals surface area contributed by atoms with E-state index in [1.807, 2.05) is 0 Å². The molecule has 4 aromatic rings. The number of aromatic amines is 1. The molecule has 1 aliphatic heterocycles. The van der Waals surface area contributed by atoms with Crippen LogP contribution in [0.4, 0.5) is 15.0 Å². The van der Waals surface area contributed by atoms with Crippen molar-refractivity contribution in [2.45, 2.75) is 18.9 Å². The second kappa shape index (κ2) is 7.59. The van der Waals surface area contributed by atoms with Crippen molar-refractivity contribution in [2.24, 2.45) is 0 Å². The van der Waals surface area contributed by atoms with E-state index in [2.05, 4.69) is 40.9 Å². The van der Waals surface area contributed by atoms with E-state index in [1.54, 1.807) is 22.7 Å². The van der Waals surface area contributed by atoms with Crippen LogP contribution in [0.3, 0.4) is 0 Å². The lowest BCUT2D eigenvalue weighted by atomic mass is 10.1. The number of halogens is 1. The Kier molecular flexibility index (Phi) is 4.61. The third-order valence-electron chi connectivity index (χ3n) is 5.04. The van der Waals surface area contributed by atoms with E-state index in [1.165, 1.54) is 17.2 Å². The first kappa shape index (κ1) is 18.8. The number of pyridine rings is 1. The molecule has 5 rings (SSSR count). The van der Waals surface area contributed by atoms with Crippen molar-refractivity contribution in [1.82, 2.24) is 44.9 Å². The van der Waals surface area contributed by atoms with Gasteiger partial charge in [0.2, 0.25) is 5.82 Å². The standard InChI is InChI=1S/C18H17FN10O2/c19-10-3-4-15-20-7-13(29(15)8-10)17-22-12(16-24-26-27-25-16)6-14(23-17)21-11-2-1-5-28(9-11)18(30)31/h3-4,6-8,11H,1-2,5,9H2,(H,30,31)(H,21,22,23)(H,24,25,26,27). The van der Waals surface area contributed by atoms with Crippen LogP contribution in [-0.4, -0.2) is 75.2 Å². The summed E-state index contributed by atoms with van der Waals surface area (Å²) in [6.45, 7) is 0.844. The summed E-state index contributed by atoms with van der Waals surface area (Å²) in [4.78, 5) is 26.1. The number of piperidine rings is 1. The Bertz CT molecular complexity index is 1240. The van der Waals surface area contributed by atoms with Gasteiger partial charge in [-0.1, -0.05) is 0 Å². The molecule has 1 atom stereocenters. The van der Waals surface area contributed by atoms with E-state index in [-0.39, 0.29) is 17.7 Å². The van der Waals surface area contributed by atoms with Gasteiger partial charge in [-0.25, -0.2) is 24.1 Å². The van der Waals surface area contributed by atoms with Gasteiger partial charge in [0.1, 0.15) is 28.7 Å². The van der Waals surface area contributed by atoms with Crippen LogP contribution in [-0.2, 0) is 0 Å². The van der Waals surface area contributed by atoms with Gasteiger partial charge in [0.15, 0.2) is 5.82 Å². The van der Waals surface area contributed by atoms with E-state index in [0.29, 0.717) is 35.9 Å². The van der Waals surface area contributed by atoms with Gasteiger partial charge in [-0.2, -0.15) is 5.21 Å². The average Bonchev–Trinajstić information content (AvgIpc) is 3.44. The summed E-state index contributed by atoms with van der Waals surface area (Å²) in [6.07, 6.45) is 3.45. The first-order valence-corrected chi connectivity index (χ1v) is 9.57. The molecule has 1 fully saturated rings. The fourth-order valence-corrected chi connectivity index (χ4v) is 3.62. The summed E-state index contributed by atoms with van der Waals surface area (Å²) in [5.74, 6) is 0.597. The summed E-state index contributed by atoms with van der Waals surface area (Å²) in [5, 5.41) is 26.5. The van der Waals surface area contributed by atoms with Gasteiger partial charge >= 0.3 is 6.09 Å². The van der Waals surface area contributed by atoms with Crippen LogP contribution in [0, 0.1) is 5.82 Å². The molecular formula is C18H17FN10O2. The van der Waals surface area contributed by atoms with Crippen LogP contribution in [0.15, 0.2) is 30.6 Å². The number of carbonyl (C=O) groups is 1. The number of nitrogens with zero attached hydrogens (tertiary/aromatic N) is 8. The number of nitrogens with one attached hydrogen (secondary N) is 2. The first-order valence-electron chi connectivity index (χ1n) is 9.57. The lowest BCUT2D eigenvalue weighted by Gasteiger charge is -2.31. The third-order valence-corrected chi connectivity index (χ3v) is 5.04. The third kappa shape index (κ3) is 3.72. The SMILES string of the molecule is O=C(O)N1CCCC(Nc2cc(-c3nn[nH]n3)nc(-c3cnc4ccc(F)cn34)n2)C1. The van der Waals surface area contributed by atoms with Crippen LogP contribution >= 0.6 is 0 Å². The highest BCUT2D eigenvalue weighted by atomic mass is 19.1. The molecular weight excluding hydrogens is 407 g/mol. The van der Waals surface area contributed by atoms with Crippen LogP contribution in [0.2, 0.25) is 0 Å². The van der Waals surface area contributed by atoms with E-state index in [9.17, 15) is 14.3 Å². The monoisotopic (exact) mass is 424 g/mol. The molecule has 1 aliphatic rings. The van der Waals surface area contributed by atoms with Crippen molar-refractivity contribution in [2.75, 3.05) is 18.4 Å². The zero-order valence-electron chi connectivity index (χ0n) is 16.1. The second-order valence-corrected chi connectivity index (χ2v) is 7.13. The zero-order valence-corrected chi connectivity index (χ0v) is 16.1. The number of fused-ring (bicyclic) bond motifs is 1. The number of rotatable bonds is 4. The Labute approximate surface area is 174 Å². The Morgan fingerprint density at radius 1 is 1.29 bits per heavy atom. The maximum Gasteiger partial charge on any atom is 0.407 e. The summed E-state index contributed by atoms with van der Waals surface area (Å²) in [5.41, 5.74) is 1.43. The molecule has 1 saturated heterocycles. The number of imidazole rings is 1. The van der Waals surface area contributed by atoms with Gasteiger partial charge in [0.25, 0.3) is 0 Å². The highest BCUT2D eigenvalue weighted by molar-refractivity contribution is 5.66. The molecule has 0 radical (unpaired) electrons. The Morgan fingerprint density at radius 2 is 2.19 bits per heavy atom. The lowest BCUT2D eigenvalue weighted by Crippen LogP contribution is -2.44. The Hall–Kier alpha value is -4.16. The number of H-pyrrole nitrogens is 1. The minimum absolute atomic E-state index is 0.120. The summed E-state index contributed by atoms with van der Waals surface area (Å²) < 4.78 is 15.4. The summed E-state index contributed by atoms with van der Waals surface area (Å²) in [7, 11) is 0. The van der Waals surface area contributed by atoms with Crippen LogP contribution in [0.1, 0.15) is 12.8 Å². The van der Waals surface area contributed by atoms with Gasteiger partial charge in [-0.05, 0) is 30.2 Å². The lowest BCUT2D eigenvalue weighted by molar-refractivity contribution is 0.133. The Balaban J connectivity index is 1.55. The van der Waals surface area contributed by atoms with Gasteiger partial charge in [-0.3, -0.25) is 4.40 Å². The van der Waals surface area contributed by atoms with Gasteiger partial charge < -0.3 is 15.3 Å². The zero-order chi connectivity index (χ0) is 21.4. The van der Waals surface area contributed by atoms with E-state index < -0.39 is 11.9 Å². The molecule has 158 valence electrons. The molecule has 12 nitrogen and oxygen atoms in total. The van der Waals surface area contributed by atoms with Crippen molar-refractivity contribution < 1.29 is 14.3 Å². The van der Waals surface area contributed by atoms with Crippen LogP contribution in [0.5, 0.6) is 0 Å². The maximum atomic E-state index is 13.8. The molecule has 0 spiro atoms. The number of amides is 1. The molecule has 0 saturated carbocycles. The van der Waals surface area contributed by atoms with Crippen molar-refractivity contribution in [3.63, 3.8) is 0 Å².